The maximum atomic E-state index is 12.5. The normalized spacial score (nSPS) is 26.4. The van der Waals surface area contributed by atoms with Crippen LogP contribution in [-0.4, -0.2) is 68.3 Å². The molecule has 5 unspecified atom stereocenters. The highest BCUT2D eigenvalue weighted by Crippen LogP contribution is 2.40. The molecule has 1 saturated heterocycles. The van der Waals surface area contributed by atoms with Gasteiger partial charge < -0.3 is 28.4 Å². The number of allylic oxidation sites excluding steroid dienone is 9. The third kappa shape index (κ3) is 10.9. The first-order valence-corrected chi connectivity index (χ1v) is 14.4. The Kier molecular flexibility index (Phi) is 13.6. The summed E-state index contributed by atoms with van der Waals surface area (Å²) in [7, 11) is 1.13. The van der Waals surface area contributed by atoms with Gasteiger partial charge in [0.15, 0.2) is 30.7 Å². The van der Waals surface area contributed by atoms with E-state index in [1.54, 1.807) is 6.08 Å². The molecule has 0 aromatic carbocycles. The van der Waals surface area contributed by atoms with Crippen LogP contribution < -0.4 is 0 Å². The second kappa shape index (κ2) is 16.4. The zero-order valence-electron chi connectivity index (χ0n) is 26.8. The van der Waals surface area contributed by atoms with E-state index < -0.39 is 54.6 Å². The van der Waals surface area contributed by atoms with Gasteiger partial charge in [0.2, 0.25) is 0 Å². The molecule has 5 atom stereocenters. The summed E-state index contributed by atoms with van der Waals surface area (Å²) in [6, 6.07) is 0. The Labute approximate surface area is 254 Å². The largest absolute Gasteiger partial charge is 0.467 e. The zero-order valence-corrected chi connectivity index (χ0v) is 26.8. The summed E-state index contributed by atoms with van der Waals surface area (Å²) in [6.45, 7) is 14.1. The van der Waals surface area contributed by atoms with Crippen LogP contribution in [0.25, 0.3) is 0 Å². The van der Waals surface area contributed by atoms with Crippen molar-refractivity contribution in [3.63, 3.8) is 0 Å². The van der Waals surface area contributed by atoms with Gasteiger partial charge in [0, 0.05) is 20.8 Å². The predicted molar refractivity (Wildman–Crippen MR) is 159 cm³/mol. The molecule has 2 aliphatic rings. The average molecular weight is 603 g/mol. The lowest BCUT2D eigenvalue weighted by Crippen LogP contribution is -2.63. The van der Waals surface area contributed by atoms with Crippen molar-refractivity contribution >= 4 is 23.9 Å². The van der Waals surface area contributed by atoms with E-state index in [4.69, 9.17) is 28.4 Å². The minimum atomic E-state index is -1.50. The molecular weight excluding hydrogens is 556 g/mol. The number of carbonyl (C=O) groups excluding carboxylic acids is 4. The highest BCUT2D eigenvalue weighted by molar-refractivity contribution is 5.77. The van der Waals surface area contributed by atoms with Gasteiger partial charge in [0.05, 0.1) is 13.7 Å². The van der Waals surface area contributed by atoms with Crippen molar-refractivity contribution in [2.75, 3.05) is 13.7 Å². The van der Waals surface area contributed by atoms with Gasteiger partial charge in [0.1, 0.15) is 0 Å². The fourth-order valence-corrected chi connectivity index (χ4v) is 5.19. The van der Waals surface area contributed by atoms with Gasteiger partial charge in [-0.1, -0.05) is 67.0 Å². The van der Waals surface area contributed by atoms with E-state index in [2.05, 4.69) is 32.9 Å². The Bertz CT molecular complexity index is 1190. The van der Waals surface area contributed by atoms with Gasteiger partial charge in [-0.05, 0) is 51.0 Å². The Hall–Kier alpha value is -3.50. The van der Waals surface area contributed by atoms with Crippen molar-refractivity contribution < 1.29 is 47.6 Å². The molecule has 0 spiro atoms. The molecule has 10 heteroatoms. The summed E-state index contributed by atoms with van der Waals surface area (Å²) in [5, 5.41) is 0. The lowest BCUT2D eigenvalue weighted by atomic mass is 9.72. The summed E-state index contributed by atoms with van der Waals surface area (Å²) in [6.07, 6.45) is 8.56. The van der Waals surface area contributed by atoms with Crippen LogP contribution in [-0.2, 0) is 47.6 Å². The van der Waals surface area contributed by atoms with E-state index in [0.717, 1.165) is 45.4 Å². The third-order valence-electron chi connectivity index (χ3n) is 7.27. The Morgan fingerprint density at radius 3 is 2.07 bits per heavy atom. The van der Waals surface area contributed by atoms with Crippen LogP contribution in [0.1, 0.15) is 74.7 Å². The van der Waals surface area contributed by atoms with Gasteiger partial charge in [0.25, 0.3) is 0 Å². The molecule has 1 aliphatic carbocycles. The molecule has 1 fully saturated rings. The van der Waals surface area contributed by atoms with E-state index in [9.17, 15) is 19.2 Å². The van der Waals surface area contributed by atoms with Crippen molar-refractivity contribution in [1.29, 1.82) is 0 Å². The quantitative estimate of drug-likeness (QED) is 0.176. The molecule has 238 valence electrons. The van der Waals surface area contributed by atoms with Crippen LogP contribution in [0, 0.1) is 5.41 Å². The van der Waals surface area contributed by atoms with E-state index in [1.165, 1.54) is 24.0 Å². The van der Waals surface area contributed by atoms with Gasteiger partial charge in [-0.15, -0.1) is 0 Å². The lowest BCUT2D eigenvalue weighted by Gasteiger charge is -2.43. The van der Waals surface area contributed by atoms with Crippen molar-refractivity contribution in [3.05, 3.63) is 58.7 Å². The molecule has 1 heterocycles. The standard InChI is InChI=1S/C33H46O10/c1-20(15-16-26-22(3)14-11-18-33(26,7)8)12-10-13-21(2)17-19-39-32-30(42-25(6)36)28(41-24(5)35)27(40-23(4)34)29(43-32)31(37)38-9/h10,12-13,15-17,27-30,32H,11,14,18-19H2,1-9H3/b13-10+,16-15+,20-12+,21-17+. The fourth-order valence-electron chi connectivity index (χ4n) is 5.19. The number of rotatable bonds is 11. The second-order valence-electron chi connectivity index (χ2n) is 11.5. The van der Waals surface area contributed by atoms with Crippen LogP contribution in [0.15, 0.2) is 58.7 Å². The highest BCUT2D eigenvalue weighted by Gasteiger charge is 2.55. The maximum Gasteiger partial charge on any atom is 0.339 e. The molecule has 10 nitrogen and oxygen atoms in total. The minimum absolute atomic E-state index is 0.00261. The number of methoxy groups -OCH3 is 1. The van der Waals surface area contributed by atoms with E-state index in [0.29, 0.717) is 0 Å². The molecule has 2 rings (SSSR count). The van der Waals surface area contributed by atoms with Crippen LogP contribution in [0.4, 0.5) is 0 Å². The van der Waals surface area contributed by atoms with Gasteiger partial charge in [-0.3, -0.25) is 14.4 Å². The van der Waals surface area contributed by atoms with Gasteiger partial charge >= 0.3 is 23.9 Å². The average Bonchev–Trinajstić information content (AvgIpc) is 2.89. The van der Waals surface area contributed by atoms with Crippen LogP contribution in [0.2, 0.25) is 0 Å². The Balaban J connectivity index is 2.18. The summed E-state index contributed by atoms with van der Waals surface area (Å²) >= 11 is 0. The van der Waals surface area contributed by atoms with E-state index in [-0.39, 0.29) is 12.0 Å². The summed E-state index contributed by atoms with van der Waals surface area (Å²) < 4.78 is 32.4. The number of carbonyl (C=O) groups is 4. The molecule has 1 aliphatic heterocycles. The predicted octanol–water partition coefficient (Wildman–Crippen LogP) is 5.23. The maximum absolute atomic E-state index is 12.5. The molecule has 0 aromatic rings. The number of hydrogen-bond donors (Lipinski definition) is 0. The van der Waals surface area contributed by atoms with Gasteiger partial charge in [-0.2, -0.15) is 0 Å². The third-order valence-corrected chi connectivity index (χ3v) is 7.27. The first kappa shape index (κ1) is 35.7. The topological polar surface area (TPSA) is 124 Å². The summed E-state index contributed by atoms with van der Waals surface area (Å²) in [4.78, 5) is 48.2. The molecule has 0 N–H and O–H groups in total. The SMILES string of the molecule is COC(=O)C1OC(OC/C=C(C)/C=C/C=C(C)/C=C/C2=C(C)CCCC2(C)C)C(OC(C)=O)C(OC(C)=O)C1OC(C)=O. The van der Waals surface area contributed by atoms with Crippen molar-refractivity contribution in [2.24, 2.45) is 5.41 Å². The fraction of sp³-hybridized carbons (Fsp3) is 0.576. The second-order valence-corrected chi connectivity index (χ2v) is 11.5. The number of hydrogen-bond acceptors (Lipinski definition) is 10. The van der Waals surface area contributed by atoms with Crippen molar-refractivity contribution in [3.8, 4) is 0 Å². The summed E-state index contributed by atoms with van der Waals surface area (Å²) in [5.74, 6) is -3.13. The molecule has 0 aromatic heterocycles. The van der Waals surface area contributed by atoms with Crippen LogP contribution in [0.5, 0.6) is 0 Å². The van der Waals surface area contributed by atoms with Crippen LogP contribution in [0.3, 0.4) is 0 Å². The van der Waals surface area contributed by atoms with Gasteiger partial charge in [-0.25, -0.2) is 4.79 Å². The van der Waals surface area contributed by atoms with Crippen molar-refractivity contribution in [1.82, 2.24) is 0 Å². The Morgan fingerprint density at radius 1 is 0.884 bits per heavy atom. The summed E-state index contributed by atoms with van der Waals surface area (Å²) in [5.41, 5.74) is 5.02. The zero-order chi connectivity index (χ0) is 32.3. The minimum Gasteiger partial charge on any atom is -0.467 e. The Morgan fingerprint density at radius 2 is 1.49 bits per heavy atom. The number of esters is 4. The number of ether oxygens (including phenoxy) is 6. The van der Waals surface area contributed by atoms with Crippen molar-refractivity contribution in [2.45, 2.75) is 105 Å². The molecule has 0 bridgehead atoms. The molecular formula is C33H46O10. The molecule has 43 heavy (non-hydrogen) atoms. The lowest BCUT2D eigenvalue weighted by molar-refractivity contribution is -0.299. The molecule has 0 radical (unpaired) electrons. The van der Waals surface area contributed by atoms with Crippen LogP contribution >= 0.6 is 0 Å². The first-order chi connectivity index (χ1) is 20.2. The highest BCUT2D eigenvalue weighted by atomic mass is 16.7. The van der Waals surface area contributed by atoms with E-state index in [1.807, 2.05) is 32.1 Å². The molecule has 0 saturated carbocycles. The monoisotopic (exact) mass is 602 g/mol. The molecule has 0 amide bonds. The van der Waals surface area contributed by atoms with E-state index >= 15 is 0 Å². The smallest absolute Gasteiger partial charge is 0.339 e. The first-order valence-electron chi connectivity index (χ1n) is 14.4.